The summed E-state index contributed by atoms with van der Waals surface area (Å²) in [6.07, 6.45) is 1.23. The minimum Gasteiger partial charge on any atom is -0.476 e. The van der Waals surface area contributed by atoms with Crippen molar-refractivity contribution in [3.8, 4) is 5.88 Å². The number of carbonyl (C=O) groups is 1. The molecular weight excluding hydrogens is 232 g/mol. The number of alkyl carbamates (subject to hydrolysis) is 1. The average Bonchev–Trinajstić information content (AvgIpc) is 2.30. The molecule has 6 heteroatoms. The molecule has 86 valence electrons. The Bertz CT molecular complexity index is 376. The molecule has 1 aromatic heterocycles. The number of hydrogen-bond donors (Lipinski definition) is 1. The SMILES string of the molecule is O=C1NCC(COc2ncccc2Cl)CO1. The maximum Gasteiger partial charge on any atom is 0.407 e. The van der Waals surface area contributed by atoms with E-state index in [4.69, 9.17) is 21.1 Å². The minimum atomic E-state index is -0.382. The summed E-state index contributed by atoms with van der Waals surface area (Å²) in [7, 11) is 0. The Morgan fingerprint density at radius 3 is 3.25 bits per heavy atom. The summed E-state index contributed by atoms with van der Waals surface area (Å²) in [5.41, 5.74) is 0. The van der Waals surface area contributed by atoms with Crippen molar-refractivity contribution in [2.75, 3.05) is 19.8 Å². The second-order valence-corrected chi connectivity index (χ2v) is 3.85. The average molecular weight is 243 g/mol. The van der Waals surface area contributed by atoms with Crippen LogP contribution in [0.4, 0.5) is 4.79 Å². The van der Waals surface area contributed by atoms with Crippen LogP contribution in [0.25, 0.3) is 0 Å². The molecule has 1 fully saturated rings. The molecule has 0 saturated carbocycles. The number of cyclic esters (lactones) is 1. The topological polar surface area (TPSA) is 60.5 Å². The van der Waals surface area contributed by atoms with Crippen molar-refractivity contribution in [3.63, 3.8) is 0 Å². The van der Waals surface area contributed by atoms with Gasteiger partial charge in [-0.1, -0.05) is 11.6 Å². The predicted octanol–water partition coefficient (Wildman–Crippen LogP) is 1.47. The molecule has 1 aliphatic rings. The van der Waals surface area contributed by atoms with Gasteiger partial charge < -0.3 is 14.8 Å². The smallest absolute Gasteiger partial charge is 0.407 e. The Kier molecular flexibility index (Phi) is 3.46. The highest BCUT2D eigenvalue weighted by atomic mass is 35.5. The molecular formula is C10H11ClN2O3. The van der Waals surface area contributed by atoms with Gasteiger partial charge in [-0.25, -0.2) is 9.78 Å². The van der Waals surface area contributed by atoms with Crippen LogP contribution in [-0.4, -0.2) is 30.8 Å². The lowest BCUT2D eigenvalue weighted by Gasteiger charge is -2.22. The highest BCUT2D eigenvalue weighted by molar-refractivity contribution is 6.31. The fraction of sp³-hybridized carbons (Fsp3) is 0.400. The lowest BCUT2D eigenvalue weighted by molar-refractivity contribution is 0.0828. The minimum absolute atomic E-state index is 0.121. The quantitative estimate of drug-likeness (QED) is 0.872. The normalized spacial score (nSPS) is 19.8. The number of hydrogen-bond acceptors (Lipinski definition) is 4. The summed E-state index contributed by atoms with van der Waals surface area (Å²) in [6, 6.07) is 3.45. The maximum atomic E-state index is 10.7. The third-order valence-corrected chi connectivity index (χ3v) is 2.45. The van der Waals surface area contributed by atoms with Gasteiger partial charge in [-0.05, 0) is 12.1 Å². The predicted molar refractivity (Wildman–Crippen MR) is 57.6 cm³/mol. The van der Waals surface area contributed by atoms with Crippen LogP contribution in [0.2, 0.25) is 5.02 Å². The highest BCUT2D eigenvalue weighted by Gasteiger charge is 2.19. The number of rotatable bonds is 3. The number of nitrogens with zero attached hydrogens (tertiary/aromatic N) is 1. The van der Waals surface area contributed by atoms with Gasteiger partial charge in [-0.3, -0.25) is 0 Å². The van der Waals surface area contributed by atoms with Gasteiger partial charge in [0.05, 0.1) is 6.61 Å². The fourth-order valence-electron chi connectivity index (χ4n) is 1.31. The zero-order valence-electron chi connectivity index (χ0n) is 8.48. The Hall–Kier alpha value is -1.49. The Labute approximate surface area is 97.7 Å². The van der Waals surface area contributed by atoms with Gasteiger partial charge in [0, 0.05) is 18.7 Å². The molecule has 1 amide bonds. The van der Waals surface area contributed by atoms with Gasteiger partial charge in [-0.2, -0.15) is 0 Å². The molecule has 1 aliphatic heterocycles. The summed E-state index contributed by atoms with van der Waals surface area (Å²) >= 11 is 5.88. The van der Waals surface area contributed by atoms with Crippen molar-refractivity contribution in [2.45, 2.75) is 0 Å². The second kappa shape index (κ2) is 5.03. The van der Waals surface area contributed by atoms with Crippen LogP contribution < -0.4 is 10.1 Å². The second-order valence-electron chi connectivity index (χ2n) is 3.45. The lowest BCUT2D eigenvalue weighted by Crippen LogP contribution is -2.41. The van der Waals surface area contributed by atoms with Crippen LogP contribution in [0.3, 0.4) is 0 Å². The van der Waals surface area contributed by atoms with Crippen molar-refractivity contribution in [1.82, 2.24) is 10.3 Å². The van der Waals surface area contributed by atoms with E-state index in [9.17, 15) is 4.79 Å². The molecule has 1 aromatic rings. The molecule has 1 unspecified atom stereocenters. The summed E-state index contributed by atoms with van der Waals surface area (Å²) in [6.45, 7) is 1.32. The first-order valence-electron chi connectivity index (χ1n) is 4.89. The van der Waals surface area contributed by atoms with Gasteiger partial charge in [0.1, 0.15) is 11.6 Å². The number of carbonyl (C=O) groups excluding carboxylic acids is 1. The number of pyridine rings is 1. The van der Waals surface area contributed by atoms with E-state index < -0.39 is 0 Å². The molecule has 0 aliphatic carbocycles. The molecule has 0 bridgehead atoms. The molecule has 0 aromatic carbocycles. The van der Waals surface area contributed by atoms with Crippen LogP contribution >= 0.6 is 11.6 Å². The first-order valence-corrected chi connectivity index (χ1v) is 5.27. The number of ether oxygens (including phenoxy) is 2. The van der Waals surface area contributed by atoms with E-state index in [0.717, 1.165) is 0 Å². The first kappa shape index (κ1) is 11.0. The number of halogens is 1. The fourth-order valence-corrected chi connectivity index (χ4v) is 1.49. The van der Waals surface area contributed by atoms with Gasteiger partial charge in [0.15, 0.2) is 0 Å². The molecule has 1 N–H and O–H groups in total. The lowest BCUT2D eigenvalue weighted by atomic mass is 10.1. The molecule has 2 heterocycles. The summed E-state index contributed by atoms with van der Waals surface area (Å²) in [5, 5.41) is 3.06. The van der Waals surface area contributed by atoms with Crippen LogP contribution in [0, 0.1) is 5.92 Å². The number of aromatic nitrogens is 1. The summed E-state index contributed by atoms with van der Waals surface area (Å²) in [4.78, 5) is 14.7. The Balaban J connectivity index is 1.84. The molecule has 0 spiro atoms. The highest BCUT2D eigenvalue weighted by Crippen LogP contribution is 2.20. The van der Waals surface area contributed by atoms with Gasteiger partial charge in [0.25, 0.3) is 0 Å². The molecule has 1 atom stereocenters. The zero-order chi connectivity index (χ0) is 11.4. The van der Waals surface area contributed by atoms with Crippen molar-refractivity contribution in [1.29, 1.82) is 0 Å². The van der Waals surface area contributed by atoms with Crippen molar-refractivity contribution in [2.24, 2.45) is 5.92 Å². The van der Waals surface area contributed by atoms with E-state index in [0.29, 0.717) is 30.7 Å². The van der Waals surface area contributed by atoms with Crippen LogP contribution in [0.1, 0.15) is 0 Å². The van der Waals surface area contributed by atoms with Gasteiger partial charge in [0.2, 0.25) is 5.88 Å². The van der Waals surface area contributed by atoms with Gasteiger partial charge in [-0.15, -0.1) is 0 Å². The number of nitrogens with one attached hydrogen (secondary N) is 1. The van der Waals surface area contributed by atoms with Crippen molar-refractivity contribution < 1.29 is 14.3 Å². The molecule has 16 heavy (non-hydrogen) atoms. The van der Waals surface area contributed by atoms with E-state index in [1.165, 1.54) is 0 Å². The van der Waals surface area contributed by atoms with Crippen molar-refractivity contribution in [3.05, 3.63) is 23.4 Å². The maximum absolute atomic E-state index is 10.7. The Morgan fingerprint density at radius 1 is 1.69 bits per heavy atom. The zero-order valence-corrected chi connectivity index (χ0v) is 9.24. The number of amides is 1. The van der Waals surface area contributed by atoms with E-state index in [1.54, 1.807) is 18.3 Å². The standard InChI is InChI=1S/C10H11ClN2O3/c11-8-2-1-3-12-9(8)15-5-7-4-13-10(14)16-6-7/h1-3,7H,4-6H2,(H,13,14). The van der Waals surface area contributed by atoms with Crippen LogP contribution in [0.15, 0.2) is 18.3 Å². The Morgan fingerprint density at radius 2 is 2.56 bits per heavy atom. The molecule has 5 nitrogen and oxygen atoms in total. The van der Waals surface area contributed by atoms with E-state index >= 15 is 0 Å². The summed E-state index contributed by atoms with van der Waals surface area (Å²) in [5.74, 6) is 0.525. The third-order valence-electron chi connectivity index (χ3n) is 2.17. The van der Waals surface area contributed by atoms with Gasteiger partial charge >= 0.3 is 6.09 Å². The van der Waals surface area contributed by atoms with E-state index in [-0.39, 0.29) is 12.0 Å². The van der Waals surface area contributed by atoms with Crippen LogP contribution in [-0.2, 0) is 4.74 Å². The van der Waals surface area contributed by atoms with E-state index in [2.05, 4.69) is 10.3 Å². The third kappa shape index (κ3) is 2.76. The van der Waals surface area contributed by atoms with E-state index in [1.807, 2.05) is 0 Å². The largest absolute Gasteiger partial charge is 0.476 e. The molecule has 0 radical (unpaired) electrons. The molecule has 2 rings (SSSR count). The summed E-state index contributed by atoms with van der Waals surface area (Å²) < 4.78 is 10.3. The molecule has 1 saturated heterocycles. The first-order chi connectivity index (χ1) is 7.75. The van der Waals surface area contributed by atoms with Crippen molar-refractivity contribution >= 4 is 17.7 Å². The van der Waals surface area contributed by atoms with Crippen LogP contribution in [0.5, 0.6) is 5.88 Å². The monoisotopic (exact) mass is 242 g/mol.